The maximum Gasteiger partial charge on any atom is 0.312 e. The number of amides is 1. The van der Waals surface area contributed by atoms with Crippen LogP contribution in [-0.2, 0) is 13.1 Å². The molecule has 9 nitrogen and oxygen atoms in total. The zero-order valence-corrected chi connectivity index (χ0v) is 21.1. The largest absolute Gasteiger partial charge is 0.319 e. The number of aryl methyl sites for hydroxylation is 2. The number of carbonyl (C=O) groups is 1. The van der Waals surface area contributed by atoms with E-state index in [-0.39, 0.29) is 40.6 Å². The quantitative estimate of drug-likeness (QED) is 0.111. The molecule has 0 radical (unpaired) electrons. The second-order valence-corrected chi connectivity index (χ2v) is 8.84. The minimum Gasteiger partial charge on any atom is -0.319 e. The van der Waals surface area contributed by atoms with Gasteiger partial charge in [0.2, 0.25) is 5.82 Å². The molecule has 1 amide bonds. The van der Waals surface area contributed by atoms with Gasteiger partial charge < -0.3 is 5.32 Å². The molecule has 39 heavy (non-hydrogen) atoms. The van der Waals surface area contributed by atoms with Crippen LogP contribution in [0, 0.1) is 66.9 Å². The molecule has 0 aliphatic rings. The van der Waals surface area contributed by atoms with Gasteiger partial charge in [-0.25, -0.2) is 22.0 Å². The van der Waals surface area contributed by atoms with Gasteiger partial charge in [-0.15, -0.1) is 0 Å². The normalized spacial score (nSPS) is 11.2. The van der Waals surface area contributed by atoms with Gasteiger partial charge in [-0.05, 0) is 45.4 Å². The number of nitrogens with zero attached hydrogens (tertiary/aromatic N) is 5. The summed E-state index contributed by atoms with van der Waals surface area (Å²) in [4.78, 5) is 23.8. The van der Waals surface area contributed by atoms with Crippen LogP contribution in [0.25, 0.3) is 0 Å². The number of carbonyl (C=O) groups excluding carboxylic acids is 1. The first-order valence-corrected chi connectivity index (χ1v) is 11.4. The maximum absolute atomic E-state index is 14.2. The first-order chi connectivity index (χ1) is 18.3. The topological polar surface area (TPSA) is 108 Å². The molecule has 0 spiro atoms. The van der Waals surface area contributed by atoms with Gasteiger partial charge in [0.05, 0.1) is 40.7 Å². The third kappa shape index (κ3) is 4.96. The summed E-state index contributed by atoms with van der Waals surface area (Å²) in [6.07, 6.45) is 0. The highest BCUT2D eigenvalue weighted by atomic mass is 19.2. The van der Waals surface area contributed by atoms with Gasteiger partial charge in [0.25, 0.3) is 5.91 Å². The average Bonchev–Trinajstić information content (AvgIpc) is 3.32. The molecule has 204 valence electrons. The zero-order chi connectivity index (χ0) is 28.8. The SMILES string of the molecule is Cc1nn(Cc2c(F)c(F)c(F)c(F)c2F)c(C)c1NC(=O)c1cccc(Cn2nc(C)c([N+](=O)[O-])c2C)c1. The molecule has 2 aromatic heterocycles. The fraction of sp³-hybridized carbons (Fsp3) is 0.240. The van der Waals surface area contributed by atoms with Crippen molar-refractivity contribution in [2.75, 3.05) is 5.32 Å². The Kier molecular flexibility index (Phi) is 7.22. The lowest BCUT2D eigenvalue weighted by Gasteiger charge is -2.11. The molecule has 2 aromatic carbocycles. The number of nitrogens with one attached hydrogen (secondary N) is 1. The van der Waals surface area contributed by atoms with E-state index >= 15 is 0 Å². The van der Waals surface area contributed by atoms with E-state index in [1.807, 2.05) is 0 Å². The lowest BCUT2D eigenvalue weighted by atomic mass is 10.1. The fourth-order valence-electron chi connectivity index (χ4n) is 4.25. The molecule has 14 heteroatoms. The lowest BCUT2D eigenvalue weighted by molar-refractivity contribution is -0.386. The Morgan fingerprint density at radius 3 is 2.03 bits per heavy atom. The molecule has 0 saturated heterocycles. The van der Waals surface area contributed by atoms with E-state index in [9.17, 15) is 36.9 Å². The fourth-order valence-corrected chi connectivity index (χ4v) is 4.25. The number of benzene rings is 2. The molecule has 0 unspecified atom stereocenters. The second-order valence-electron chi connectivity index (χ2n) is 8.84. The Hall–Kier alpha value is -4.62. The predicted octanol–water partition coefficient (Wildman–Crippen LogP) is 5.27. The Bertz CT molecular complexity index is 1620. The molecule has 2 heterocycles. The monoisotopic (exact) mass is 548 g/mol. The molecular formula is C25H21F5N6O3. The third-order valence-electron chi connectivity index (χ3n) is 6.28. The summed E-state index contributed by atoms with van der Waals surface area (Å²) in [7, 11) is 0. The number of nitro groups is 1. The summed E-state index contributed by atoms with van der Waals surface area (Å²) in [5.74, 6) is -10.9. The summed E-state index contributed by atoms with van der Waals surface area (Å²) in [6.45, 7) is 5.47. The Morgan fingerprint density at radius 2 is 1.44 bits per heavy atom. The summed E-state index contributed by atoms with van der Waals surface area (Å²) >= 11 is 0. The number of rotatable bonds is 7. The van der Waals surface area contributed by atoms with Crippen molar-refractivity contribution in [3.8, 4) is 0 Å². The van der Waals surface area contributed by atoms with E-state index in [0.717, 1.165) is 4.68 Å². The molecule has 0 saturated carbocycles. The third-order valence-corrected chi connectivity index (χ3v) is 6.28. The summed E-state index contributed by atoms with van der Waals surface area (Å²) in [6, 6.07) is 6.45. The molecule has 1 N–H and O–H groups in total. The smallest absolute Gasteiger partial charge is 0.312 e. The zero-order valence-electron chi connectivity index (χ0n) is 21.1. The van der Waals surface area contributed by atoms with Crippen molar-refractivity contribution in [1.82, 2.24) is 19.6 Å². The van der Waals surface area contributed by atoms with E-state index in [2.05, 4.69) is 15.5 Å². The van der Waals surface area contributed by atoms with Crippen molar-refractivity contribution >= 4 is 17.3 Å². The molecule has 0 aliphatic heterocycles. The predicted molar refractivity (Wildman–Crippen MR) is 129 cm³/mol. The van der Waals surface area contributed by atoms with Crippen molar-refractivity contribution in [3.63, 3.8) is 0 Å². The van der Waals surface area contributed by atoms with Crippen LogP contribution >= 0.6 is 0 Å². The summed E-state index contributed by atoms with van der Waals surface area (Å²) in [5.41, 5.74) is 1.01. The van der Waals surface area contributed by atoms with Crippen molar-refractivity contribution in [1.29, 1.82) is 0 Å². The van der Waals surface area contributed by atoms with E-state index in [0.29, 0.717) is 11.3 Å². The van der Waals surface area contributed by atoms with Crippen LogP contribution in [-0.4, -0.2) is 30.4 Å². The Balaban J connectivity index is 1.57. The summed E-state index contributed by atoms with van der Waals surface area (Å²) < 4.78 is 71.4. The van der Waals surface area contributed by atoms with Gasteiger partial charge in [0, 0.05) is 5.56 Å². The number of hydrogen-bond acceptors (Lipinski definition) is 5. The van der Waals surface area contributed by atoms with Crippen LogP contribution in [0.2, 0.25) is 0 Å². The average molecular weight is 548 g/mol. The van der Waals surface area contributed by atoms with E-state index < -0.39 is 52.0 Å². The van der Waals surface area contributed by atoms with E-state index in [4.69, 9.17) is 0 Å². The van der Waals surface area contributed by atoms with Gasteiger partial charge in [-0.2, -0.15) is 10.2 Å². The van der Waals surface area contributed by atoms with Crippen LogP contribution in [0.4, 0.5) is 33.3 Å². The van der Waals surface area contributed by atoms with Crippen molar-refractivity contribution in [3.05, 3.63) is 103 Å². The van der Waals surface area contributed by atoms with Gasteiger partial charge in [0.1, 0.15) is 11.4 Å². The van der Waals surface area contributed by atoms with Crippen LogP contribution < -0.4 is 5.32 Å². The van der Waals surface area contributed by atoms with Crippen molar-refractivity contribution < 1.29 is 31.7 Å². The highest BCUT2D eigenvalue weighted by molar-refractivity contribution is 6.05. The Labute approximate surface area is 218 Å². The van der Waals surface area contributed by atoms with E-state index in [1.165, 1.54) is 31.5 Å². The highest BCUT2D eigenvalue weighted by Gasteiger charge is 2.27. The number of hydrogen-bond donors (Lipinski definition) is 1. The first kappa shape index (κ1) is 27.4. The molecule has 4 rings (SSSR count). The van der Waals surface area contributed by atoms with Gasteiger partial charge >= 0.3 is 5.69 Å². The minimum atomic E-state index is -2.26. The number of halogens is 5. The molecule has 0 bridgehead atoms. The van der Waals surface area contributed by atoms with Gasteiger partial charge in [0.15, 0.2) is 23.3 Å². The first-order valence-electron chi connectivity index (χ1n) is 11.4. The van der Waals surface area contributed by atoms with Crippen LogP contribution in [0.15, 0.2) is 24.3 Å². The maximum atomic E-state index is 14.2. The minimum absolute atomic E-state index is 0.0854. The molecule has 0 fully saturated rings. The van der Waals surface area contributed by atoms with Crippen LogP contribution in [0.5, 0.6) is 0 Å². The molecular weight excluding hydrogens is 527 g/mol. The molecule has 4 aromatic rings. The summed E-state index contributed by atoms with van der Waals surface area (Å²) in [5, 5.41) is 22.2. The highest BCUT2D eigenvalue weighted by Crippen LogP contribution is 2.27. The van der Waals surface area contributed by atoms with Crippen molar-refractivity contribution in [2.45, 2.75) is 40.8 Å². The standard InChI is InChI=1S/C25H21F5N6O3/c1-11-23(13(3)35(32-11)10-17-18(26)20(28)22(30)21(29)19(17)27)31-25(37)16-7-5-6-15(8-16)9-34-14(4)24(36(38)39)12(2)33-34/h5-8H,9-10H2,1-4H3,(H,31,37). The van der Waals surface area contributed by atoms with Crippen molar-refractivity contribution in [2.24, 2.45) is 0 Å². The van der Waals surface area contributed by atoms with Crippen LogP contribution in [0.1, 0.15) is 44.3 Å². The van der Waals surface area contributed by atoms with Gasteiger partial charge in [-0.3, -0.25) is 24.3 Å². The Morgan fingerprint density at radius 1 is 0.872 bits per heavy atom. The molecule has 0 aliphatic carbocycles. The van der Waals surface area contributed by atoms with Crippen LogP contribution in [0.3, 0.4) is 0 Å². The van der Waals surface area contributed by atoms with E-state index in [1.54, 1.807) is 25.1 Å². The number of anilines is 1. The molecule has 0 atom stereocenters. The number of aromatic nitrogens is 4. The second kappa shape index (κ2) is 10.3. The lowest BCUT2D eigenvalue weighted by Crippen LogP contribution is -2.15. The van der Waals surface area contributed by atoms with Gasteiger partial charge in [-0.1, -0.05) is 12.1 Å².